The molecule has 4 heteroatoms. The van der Waals surface area contributed by atoms with Gasteiger partial charge in [-0.25, -0.2) is 0 Å². The summed E-state index contributed by atoms with van der Waals surface area (Å²) in [5.74, 6) is 1.69. The van der Waals surface area contributed by atoms with Crippen LogP contribution in [0.25, 0.3) is 0 Å². The van der Waals surface area contributed by atoms with Crippen LogP contribution in [0.5, 0.6) is 11.5 Å². The average molecular weight is 321 g/mol. The number of ether oxygens (including phenoxy) is 1. The molecule has 1 unspecified atom stereocenters. The lowest BCUT2D eigenvalue weighted by Gasteiger charge is -2.16. The fourth-order valence-corrected chi connectivity index (χ4v) is 2.68. The van der Waals surface area contributed by atoms with Gasteiger partial charge < -0.3 is 10.1 Å². The summed E-state index contributed by atoms with van der Waals surface area (Å²) in [6.45, 7) is 4.27. The van der Waals surface area contributed by atoms with E-state index in [0.717, 1.165) is 29.3 Å². The van der Waals surface area contributed by atoms with Gasteiger partial charge >= 0.3 is 0 Å². The van der Waals surface area contributed by atoms with Crippen molar-refractivity contribution in [1.29, 1.82) is 0 Å². The summed E-state index contributed by atoms with van der Waals surface area (Å²) in [6.07, 6.45) is 2.95. The fraction of sp³-hybridized carbons (Fsp3) is 0.250. The molecule has 124 valence electrons. The quantitative estimate of drug-likeness (QED) is 0.698. The van der Waals surface area contributed by atoms with E-state index in [4.69, 9.17) is 4.74 Å². The molecule has 0 fully saturated rings. The predicted molar refractivity (Wildman–Crippen MR) is 97.6 cm³/mol. The highest BCUT2D eigenvalue weighted by atomic mass is 16.5. The van der Waals surface area contributed by atoms with Gasteiger partial charge in [0.2, 0.25) is 0 Å². The normalized spacial score (nSPS) is 12.0. The van der Waals surface area contributed by atoms with E-state index in [0.29, 0.717) is 0 Å². The fourth-order valence-electron chi connectivity index (χ4n) is 2.68. The van der Waals surface area contributed by atoms with Crippen LogP contribution in [-0.4, -0.2) is 9.78 Å². The third-order valence-electron chi connectivity index (χ3n) is 3.97. The van der Waals surface area contributed by atoms with E-state index in [1.54, 1.807) is 0 Å². The third kappa shape index (κ3) is 3.77. The van der Waals surface area contributed by atoms with Gasteiger partial charge in [0.25, 0.3) is 0 Å². The van der Waals surface area contributed by atoms with Gasteiger partial charge in [0.1, 0.15) is 11.5 Å². The SMILES string of the molecule is CCc1nn(C)cc1NC(C)c1ccc(Oc2ccccc2)cc1. The molecule has 1 N–H and O–H groups in total. The van der Waals surface area contributed by atoms with Crippen molar-refractivity contribution in [2.45, 2.75) is 26.3 Å². The predicted octanol–water partition coefficient (Wildman–Crippen LogP) is 4.95. The molecule has 0 radical (unpaired) electrons. The van der Waals surface area contributed by atoms with Crippen molar-refractivity contribution in [3.8, 4) is 11.5 Å². The van der Waals surface area contributed by atoms with Gasteiger partial charge in [-0.1, -0.05) is 37.3 Å². The first-order valence-electron chi connectivity index (χ1n) is 8.27. The number of para-hydroxylation sites is 1. The monoisotopic (exact) mass is 321 g/mol. The minimum absolute atomic E-state index is 0.199. The molecule has 4 nitrogen and oxygen atoms in total. The van der Waals surface area contributed by atoms with Crippen molar-refractivity contribution in [2.24, 2.45) is 7.05 Å². The first kappa shape index (κ1) is 16.1. The molecule has 2 aromatic carbocycles. The van der Waals surface area contributed by atoms with Gasteiger partial charge in [-0.05, 0) is 43.2 Å². The topological polar surface area (TPSA) is 39.1 Å². The van der Waals surface area contributed by atoms with E-state index in [-0.39, 0.29) is 6.04 Å². The van der Waals surface area contributed by atoms with Crippen LogP contribution in [0.3, 0.4) is 0 Å². The van der Waals surface area contributed by atoms with E-state index >= 15 is 0 Å². The Kier molecular flexibility index (Phi) is 4.85. The number of hydrogen-bond donors (Lipinski definition) is 1. The molecule has 0 amide bonds. The van der Waals surface area contributed by atoms with Crippen LogP contribution in [-0.2, 0) is 13.5 Å². The zero-order valence-electron chi connectivity index (χ0n) is 14.4. The second-order valence-corrected chi connectivity index (χ2v) is 5.87. The number of aromatic nitrogens is 2. The van der Waals surface area contributed by atoms with Gasteiger partial charge in [-0.3, -0.25) is 4.68 Å². The Labute approximate surface area is 143 Å². The maximum atomic E-state index is 5.84. The second kappa shape index (κ2) is 7.21. The number of benzene rings is 2. The largest absolute Gasteiger partial charge is 0.457 e. The Morgan fingerprint density at radius 3 is 2.38 bits per heavy atom. The summed E-state index contributed by atoms with van der Waals surface area (Å²) in [6, 6.07) is 18.2. The highest BCUT2D eigenvalue weighted by Gasteiger charge is 2.11. The van der Waals surface area contributed by atoms with Gasteiger partial charge in [0.15, 0.2) is 0 Å². The smallest absolute Gasteiger partial charge is 0.127 e. The lowest BCUT2D eigenvalue weighted by Crippen LogP contribution is -2.07. The maximum Gasteiger partial charge on any atom is 0.127 e. The standard InChI is InChI=1S/C20H23N3O/c1-4-19-20(14-23(3)22-19)21-15(2)16-10-12-18(13-11-16)24-17-8-6-5-7-9-17/h5-15,21H,4H2,1-3H3. The van der Waals surface area contributed by atoms with E-state index in [1.807, 2.05) is 60.4 Å². The van der Waals surface area contributed by atoms with Crippen molar-refractivity contribution in [3.05, 3.63) is 72.1 Å². The van der Waals surface area contributed by atoms with Crippen molar-refractivity contribution in [2.75, 3.05) is 5.32 Å². The minimum atomic E-state index is 0.199. The molecule has 0 aliphatic heterocycles. The van der Waals surface area contributed by atoms with Gasteiger partial charge in [-0.2, -0.15) is 5.10 Å². The lowest BCUT2D eigenvalue weighted by molar-refractivity contribution is 0.482. The molecule has 3 aromatic rings. The molecule has 0 spiro atoms. The Hall–Kier alpha value is -2.75. The van der Waals surface area contributed by atoms with Crippen molar-refractivity contribution in [1.82, 2.24) is 9.78 Å². The lowest BCUT2D eigenvalue weighted by atomic mass is 10.1. The molecule has 0 saturated carbocycles. The van der Waals surface area contributed by atoms with Crippen LogP contribution >= 0.6 is 0 Å². The third-order valence-corrected chi connectivity index (χ3v) is 3.97. The number of nitrogens with zero attached hydrogens (tertiary/aromatic N) is 2. The molecule has 0 aliphatic rings. The Balaban J connectivity index is 1.68. The number of hydrogen-bond acceptors (Lipinski definition) is 3. The Morgan fingerprint density at radius 2 is 1.71 bits per heavy atom. The van der Waals surface area contributed by atoms with Gasteiger partial charge in [-0.15, -0.1) is 0 Å². The summed E-state index contributed by atoms with van der Waals surface area (Å²) in [4.78, 5) is 0. The van der Waals surface area contributed by atoms with E-state index in [9.17, 15) is 0 Å². The summed E-state index contributed by atoms with van der Waals surface area (Å²) in [5.41, 5.74) is 3.40. The zero-order chi connectivity index (χ0) is 16.9. The van der Waals surface area contributed by atoms with E-state index in [2.05, 4.69) is 36.4 Å². The van der Waals surface area contributed by atoms with Crippen LogP contribution in [0, 0.1) is 0 Å². The molecular formula is C20H23N3O. The Morgan fingerprint density at radius 1 is 1.04 bits per heavy atom. The summed E-state index contributed by atoms with van der Waals surface area (Å²) in [5, 5.41) is 8.01. The average Bonchev–Trinajstić information content (AvgIpc) is 2.96. The number of nitrogens with one attached hydrogen (secondary N) is 1. The molecule has 0 saturated heterocycles. The summed E-state index contributed by atoms with van der Waals surface area (Å²) < 4.78 is 7.69. The minimum Gasteiger partial charge on any atom is -0.457 e. The molecular weight excluding hydrogens is 298 g/mol. The van der Waals surface area contributed by atoms with Crippen LogP contribution in [0.15, 0.2) is 60.8 Å². The molecule has 0 aliphatic carbocycles. The highest BCUT2D eigenvalue weighted by Crippen LogP contribution is 2.26. The Bertz CT molecular complexity index is 778. The van der Waals surface area contributed by atoms with Crippen LogP contribution in [0.2, 0.25) is 0 Å². The molecule has 1 aromatic heterocycles. The number of rotatable bonds is 6. The van der Waals surface area contributed by atoms with Crippen molar-refractivity contribution < 1.29 is 4.74 Å². The van der Waals surface area contributed by atoms with Crippen molar-refractivity contribution in [3.63, 3.8) is 0 Å². The van der Waals surface area contributed by atoms with E-state index < -0.39 is 0 Å². The first-order chi connectivity index (χ1) is 11.7. The highest BCUT2D eigenvalue weighted by molar-refractivity contribution is 5.48. The molecule has 3 rings (SSSR count). The summed E-state index contributed by atoms with van der Waals surface area (Å²) >= 11 is 0. The number of anilines is 1. The molecule has 0 bridgehead atoms. The van der Waals surface area contributed by atoms with E-state index in [1.165, 1.54) is 5.56 Å². The van der Waals surface area contributed by atoms with Crippen LogP contribution < -0.4 is 10.1 Å². The van der Waals surface area contributed by atoms with Gasteiger partial charge in [0.05, 0.1) is 11.4 Å². The molecule has 1 heterocycles. The zero-order valence-corrected chi connectivity index (χ0v) is 14.4. The molecule has 1 atom stereocenters. The van der Waals surface area contributed by atoms with Crippen molar-refractivity contribution >= 4 is 5.69 Å². The maximum absolute atomic E-state index is 5.84. The van der Waals surface area contributed by atoms with Crippen LogP contribution in [0.4, 0.5) is 5.69 Å². The second-order valence-electron chi connectivity index (χ2n) is 5.87. The molecule has 24 heavy (non-hydrogen) atoms. The number of aryl methyl sites for hydroxylation is 2. The van der Waals surface area contributed by atoms with Crippen LogP contribution in [0.1, 0.15) is 31.1 Å². The summed E-state index contributed by atoms with van der Waals surface area (Å²) in [7, 11) is 1.95. The van der Waals surface area contributed by atoms with Gasteiger partial charge in [0, 0.05) is 19.3 Å². The first-order valence-corrected chi connectivity index (χ1v) is 8.27.